The van der Waals surface area contributed by atoms with Gasteiger partial charge >= 0.3 is 0 Å². The minimum atomic E-state index is -1.89. The molecule has 1 atom stereocenters. The Bertz CT molecular complexity index is 438. The molecule has 0 aliphatic rings. The Kier molecular flexibility index (Phi) is 1.92. The van der Waals surface area contributed by atoms with E-state index in [1.807, 2.05) is 0 Å². The first-order chi connectivity index (χ1) is 5.77. The zero-order chi connectivity index (χ0) is 8.55. The maximum atomic E-state index is 10.7. The van der Waals surface area contributed by atoms with Crippen molar-refractivity contribution in [2.75, 3.05) is 0 Å². The summed E-state index contributed by atoms with van der Waals surface area (Å²) in [5.41, 5.74) is 0. The van der Waals surface area contributed by atoms with Crippen LogP contribution in [0.2, 0.25) is 0 Å². The van der Waals surface area contributed by atoms with Gasteiger partial charge in [-0.05, 0) is 23.7 Å². The summed E-state index contributed by atoms with van der Waals surface area (Å²) in [6.07, 6.45) is 1.74. The molecule has 0 radical (unpaired) electrons. The lowest BCUT2D eigenvalue weighted by atomic mass is 10.3. The molecular weight excluding hydrogens is 194 g/mol. The molecule has 3 nitrogen and oxygen atoms in total. The quantitative estimate of drug-likeness (QED) is 0.713. The van der Waals surface area contributed by atoms with E-state index in [1.54, 1.807) is 24.4 Å². The average molecular weight is 199 g/mol. The number of aromatic nitrogens is 1. The second-order valence-corrected chi connectivity index (χ2v) is 4.08. The van der Waals surface area contributed by atoms with E-state index in [2.05, 4.69) is 4.37 Å². The predicted molar refractivity (Wildman–Crippen MR) is 48.7 cm³/mol. The fourth-order valence-corrected chi connectivity index (χ4v) is 2.11. The molecule has 0 amide bonds. The first-order valence-corrected chi connectivity index (χ1v) is 5.11. The van der Waals surface area contributed by atoms with Crippen molar-refractivity contribution in [2.24, 2.45) is 0 Å². The Labute approximate surface area is 75.5 Å². The van der Waals surface area contributed by atoms with E-state index >= 15 is 0 Å². The summed E-state index contributed by atoms with van der Waals surface area (Å²) in [5, 5.41) is 1.01. The molecule has 0 aliphatic carbocycles. The van der Waals surface area contributed by atoms with Crippen molar-refractivity contribution in [3.8, 4) is 0 Å². The van der Waals surface area contributed by atoms with Crippen LogP contribution in [0, 0.1) is 0 Å². The van der Waals surface area contributed by atoms with Crippen LogP contribution < -0.4 is 0 Å². The van der Waals surface area contributed by atoms with Gasteiger partial charge in [0.15, 0.2) is 11.1 Å². The molecule has 0 saturated heterocycles. The third-order valence-electron chi connectivity index (χ3n) is 1.53. The Balaban J connectivity index is 2.68. The van der Waals surface area contributed by atoms with Crippen molar-refractivity contribution in [2.45, 2.75) is 4.90 Å². The molecule has 0 fully saturated rings. The van der Waals surface area contributed by atoms with Gasteiger partial charge in [0.2, 0.25) is 0 Å². The minimum Gasteiger partial charge on any atom is -0.302 e. The van der Waals surface area contributed by atoms with Gasteiger partial charge in [-0.15, -0.1) is 0 Å². The van der Waals surface area contributed by atoms with Gasteiger partial charge in [0, 0.05) is 11.6 Å². The largest absolute Gasteiger partial charge is 0.302 e. The third kappa shape index (κ3) is 1.26. The molecule has 0 bridgehead atoms. The zero-order valence-corrected chi connectivity index (χ0v) is 7.56. The number of rotatable bonds is 1. The van der Waals surface area contributed by atoms with Gasteiger partial charge in [0.05, 0.1) is 9.60 Å². The van der Waals surface area contributed by atoms with Crippen LogP contribution in [0.3, 0.4) is 0 Å². The van der Waals surface area contributed by atoms with E-state index in [0.29, 0.717) is 4.90 Å². The highest BCUT2D eigenvalue weighted by Crippen LogP contribution is 2.20. The van der Waals surface area contributed by atoms with Gasteiger partial charge in [-0.25, -0.2) is 4.21 Å². The predicted octanol–water partition coefficient (Wildman–Crippen LogP) is 1.88. The number of fused-ring (bicyclic) bond motifs is 1. The normalized spacial score (nSPS) is 13.4. The summed E-state index contributed by atoms with van der Waals surface area (Å²) in [6, 6.07) is 5.11. The summed E-state index contributed by atoms with van der Waals surface area (Å²) >= 11 is -0.567. The van der Waals surface area contributed by atoms with Gasteiger partial charge in [0.1, 0.15) is 0 Å². The highest BCUT2D eigenvalue weighted by Gasteiger charge is 2.01. The number of nitrogens with zero attached hydrogens (tertiary/aromatic N) is 1. The first kappa shape index (κ1) is 7.85. The lowest BCUT2D eigenvalue weighted by molar-refractivity contribution is 0.564. The monoisotopic (exact) mass is 199 g/mol. The molecule has 1 heterocycles. The van der Waals surface area contributed by atoms with Crippen LogP contribution >= 0.6 is 11.5 Å². The molecule has 62 valence electrons. The molecule has 12 heavy (non-hydrogen) atoms. The Morgan fingerprint density at radius 2 is 2.33 bits per heavy atom. The Morgan fingerprint density at radius 1 is 1.50 bits per heavy atom. The molecule has 0 spiro atoms. The summed E-state index contributed by atoms with van der Waals surface area (Å²) in [6.45, 7) is 0. The third-order valence-corrected chi connectivity index (χ3v) is 2.95. The SMILES string of the molecule is O=S(O)c1ccc2cnsc2c1. The molecule has 0 saturated carbocycles. The standard InChI is InChI=1S/C7H5NO2S2/c9-12(10)6-2-1-5-4-8-11-7(5)3-6/h1-4H,(H,9,10). The molecule has 2 rings (SSSR count). The summed E-state index contributed by atoms with van der Waals surface area (Å²) in [5.74, 6) is 0. The van der Waals surface area contributed by atoms with Crippen LogP contribution in [0.4, 0.5) is 0 Å². The smallest absolute Gasteiger partial charge is 0.186 e. The Hall–Kier alpha value is -0.780. The van der Waals surface area contributed by atoms with Crippen molar-refractivity contribution in [3.05, 3.63) is 24.4 Å². The van der Waals surface area contributed by atoms with Crippen molar-refractivity contribution < 1.29 is 8.76 Å². The summed E-state index contributed by atoms with van der Waals surface area (Å²) < 4.78 is 24.3. The lowest BCUT2D eigenvalue weighted by Gasteiger charge is -1.92. The molecular formula is C7H5NO2S2. The molecule has 1 unspecified atom stereocenters. The molecule has 1 aromatic heterocycles. The average Bonchev–Trinajstić information content (AvgIpc) is 2.49. The van der Waals surface area contributed by atoms with Crippen LogP contribution in [0.1, 0.15) is 0 Å². The van der Waals surface area contributed by atoms with Gasteiger partial charge < -0.3 is 4.55 Å². The van der Waals surface area contributed by atoms with Gasteiger partial charge in [-0.1, -0.05) is 6.07 Å². The van der Waals surface area contributed by atoms with Crippen LogP contribution in [-0.2, 0) is 11.1 Å². The van der Waals surface area contributed by atoms with E-state index in [9.17, 15) is 4.21 Å². The fourth-order valence-electron chi connectivity index (χ4n) is 0.949. The second kappa shape index (κ2) is 2.93. The van der Waals surface area contributed by atoms with Crippen molar-refractivity contribution in [1.29, 1.82) is 0 Å². The van der Waals surface area contributed by atoms with Crippen molar-refractivity contribution >= 4 is 32.7 Å². The minimum absolute atomic E-state index is 0.423. The van der Waals surface area contributed by atoms with Gasteiger partial charge in [-0.3, -0.25) is 0 Å². The highest BCUT2D eigenvalue weighted by atomic mass is 32.2. The molecule has 1 N–H and O–H groups in total. The molecule has 5 heteroatoms. The second-order valence-electron chi connectivity index (χ2n) is 2.27. The summed E-state index contributed by atoms with van der Waals surface area (Å²) in [7, 11) is 0. The maximum absolute atomic E-state index is 10.7. The number of benzene rings is 1. The maximum Gasteiger partial charge on any atom is 0.186 e. The molecule has 2 aromatic rings. The van der Waals surface area contributed by atoms with Crippen LogP contribution in [0.15, 0.2) is 29.3 Å². The van der Waals surface area contributed by atoms with E-state index < -0.39 is 11.1 Å². The molecule has 0 aliphatic heterocycles. The Morgan fingerprint density at radius 3 is 3.08 bits per heavy atom. The van der Waals surface area contributed by atoms with Gasteiger partial charge in [-0.2, -0.15) is 4.37 Å². The van der Waals surface area contributed by atoms with E-state index in [-0.39, 0.29) is 0 Å². The zero-order valence-electron chi connectivity index (χ0n) is 5.93. The van der Waals surface area contributed by atoms with Crippen LogP contribution in [-0.4, -0.2) is 13.1 Å². The van der Waals surface area contributed by atoms with Crippen LogP contribution in [0.5, 0.6) is 0 Å². The van der Waals surface area contributed by atoms with Gasteiger partial charge in [0.25, 0.3) is 0 Å². The van der Waals surface area contributed by atoms with E-state index in [0.717, 1.165) is 10.1 Å². The van der Waals surface area contributed by atoms with E-state index in [1.165, 1.54) is 11.5 Å². The van der Waals surface area contributed by atoms with Crippen LogP contribution in [0.25, 0.3) is 10.1 Å². The number of hydrogen-bond donors (Lipinski definition) is 1. The van der Waals surface area contributed by atoms with E-state index in [4.69, 9.17) is 4.55 Å². The van der Waals surface area contributed by atoms with Crippen molar-refractivity contribution in [3.63, 3.8) is 0 Å². The highest BCUT2D eigenvalue weighted by molar-refractivity contribution is 7.79. The number of hydrogen-bond acceptors (Lipinski definition) is 3. The lowest BCUT2D eigenvalue weighted by Crippen LogP contribution is -1.85. The summed E-state index contributed by atoms with van der Waals surface area (Å²) in [4.78, 5) is 0.423. The molecule has 1 aromatic carbocycles. The first-order valence-electron chi connectivity index (χ1n) is 3.22. The fraction of sp³-hybridized carbons (Fsp3) is 0. The van der Waals surface area contributed by atoms with Crippen molar-refractivity contribution in [1.82, 2.24) is 4.37 Å². The topological polar surface area (TPSA) is 50.2 Å².